The minimum Gasteiger partial charge on any atom is -0.495 e. The Labute approximate surface area is 332 Å². The number of hydrogen-bond acceptors (Lipinski definition) is 3. The van der Waals surface area contributed by atoms with Crippen molar-refractivity contribution < 1.29 is 4.74 Å². The van der Waals surface area contributed by atoms with Gasteiger partial charge in [-0.1, -0.05) is 66.1 Å². The number of para-hydroxylation sites is 1. The van der Waals surface area contributed by atoms with Gasteiger partial charge in [0, 0.05) is 58.2 Å². The van der Waals surface area contributed by atoms with Gasteiger partial charge < -0.3 is 4.74 Å². The van der Waals surface area contributed by atoms with E-state index in [1.165, 1.54) is 66.8 Å². The number of ether oxygens (including phenoxy) is 1. The summed E-state index contributed by atoms with van der Waals surface area (Å²) in [6.07, 6.45) is 7.10. The summed E-state index contributed by atoms with van der Waals surface area (Å²) in [4.78, 5) is 8.21. The van der Waals surface area contributed by atoms with Gasteiger partial charge in [-0.25, -0.2) is 0 Å². The quantitative estimate of drug-likeness (QED) is 0.166. The van der Waals surface area contributed by atoms with E-state index in [1.807, 2.05) is 24.3 Å². The number of nitrogens with zero attached hydrogens (tertiary/aromatic N) is 2. The zero-order valence-electron chi connectivity index (χ0n) is 33.8. The molecule has 2 aromatic heterocycles. The van der Waals surface area contributed by atoms with Gasteiger partial charge in [0.15, 0.2) is 0 Å². The maximum atomic E-state index is 6.28. The fourth-order valence-corrected chi connectivity index (χ4v) is 7.61. The van der Waals surface area contributed by atoms with Crippen molar-refractivity contribution in [3.8, 4) is 73.9 Å². The van der Waals surface area contributed by atoms with E-state index in [-0.39, 0.29) is 0 Å². The van der Waals surface area contributed by atoms with E-state index in [9.17, 15) is 0 Å². The van der Waals surface area contributed by atoms with Crippen LogP contribution in [0.1, 0.15) is 66.8 Å². The SMILES string of the molecule is COc1c(-c2cc(C)c(-c3cc(C)c(C#Cc4ccncc4)cc3C)cc2C)cccc1-c1cc(C)c(-c2cc(C)c(C#Cc3ccncc3)cc2C)cc1C. The van der Waals surface area contributed by atoms with E-state index in [0.29, 0.717) is 0 Å². The number of aromatic nitrogens is 2. The highest BCUT2D eigenvalue weighted by atomic mass is 16.5. The van der Waals surface area contributed by atoms with Crippen LogP contribution >= 0.6 is 0 Å². The molecule has 7 rings (SSSR count). The molecule has 0 aliphatic carbocycles. The normalized spacial score (nSPS) is 10.7. The van der Waals surface area contributed by atoms with Crippen LogP contribution in [0, 0.1) is 79.1 Å². The lowest BCUT2D eigenvalue weighted by molar-refractivity contribution is 0.418. The second-order valence-electron chi connectivity index (χ2n) is 14.8. The fraction of sp³-hybridized carbons (Fsp3) is 0.170. The number of pyridine rings is 2. The third-order valence-corrected chi connectivity index (χ3v) is 10.7. The minimum absolute atomic E-state index is 0.881. The Morgan fingerprint density at radius 3 is 1.00 bits per heavy atom. The van der Waals surface area contributed by atoms with Gasteiger partial charge in [-0.05, 0) is 182 Å². The van der Waals surface area contributed by atoms with Crippen LogP contribution in [-0.2, 0) is 0 Å². The monoisotopic (exact) mass is 726 g/mol. The van der Waals surface area contributed by atoms with Crippen LogP contribution in [0.15, 0.2) is 116 Å². The molecule has 0 aliphatic heterocycles. The molecule has 0 atom stereocenters. The van der Waals surface area contributed by atoms with Gasteiger partial charge in [0.2, 0.25) is 0 Å². The maximum Gasteiger partial charge on any atom is 0.134 e. The summed E-state index contributed by atoms with van der Waals surface area (Å²) in [5, 5.41) is 0. The molecule has 274 valence electrons. The summed E-state index contributed by atoms with van der Waals surface area (Å²) in [7, 11) is 1.78. The molecule has 0 saturated carbocycles. The standard InChI is InChI=1S/C53H46N2O/c1-33-27-49(35(3)25-43(33)15-13-41-17-21-54-22-18-41)51-31-37(5)47(29-39(51)7)45-11-10-12-46(53(45)56-9)48-30-40(8)52(32-38(48)6)50-28-34(2)44(26-36(50)4)16-14-42-19-23-55-24-20-42/h10-12,17-32H,1-9H3. The molecule has 0 radical (unpaired) electrons. The molecule has 0 bridgehead atoms. The number of hydrogen-bond donors (Lipinski definition) is 0. The molecule has 7 aromatic rings. The molecule has 0 unspecified atom stereocenters. The van der Waals surface area contributed by atoms with Gasteiger partial charge in [-0.15, -0.1) is 0 Å². The third kappa shape index (κ3) is 7.63. The summed E-state index contributed by atoms with van der Waals surface area (Å²) in [5.74, 6) is 14.2. The van der Waals surface area contributed by atoms with Gasteiger partial charge in [0.25, 0.3) is 0 Å². The zero-order chi connectivity index (χ0) is 39.5. The van der Waals surface area contributed by atoms with E-state index in [2.05, 4.69) is 156 Å². The van der Waals surface area contributed by atoms with Crippen molar-refractivity contribution in [3.05, 3.63) is 183 Å². The minimum atomic E-state index is 0.881. The number of benzene rings is 5. The van der Waals surface area contributed by atoms with Crippen molar-refractivity contribution in [2.45, 2.75) is 55.4 Å². The van der Waals surface area contributed by atoms with Crippen molar-refractivity contribution in [1.82, 2.24) is 9.97 Å². The first kappa shape index (κ1) is 37.6. The Bertz CT molecular complexity index is 2570. The second kappa shape index (κ2) is 16.0. The molecule has 3 heteroatoms. The highest BCUT2D eigenvalue weighted by Gasteiger charge is 2.19. The first-order valence-electron chi connectivity index (χ1n) is 19.0. The van der Waals surface area contributed by atoms with Crippen molar-refractivity contribution in [2.24, 2.45) is 0 Å². The lowest BCUT2D eigenvalue weighted by Gasteiger charge is -2.20. The second-order valence-corrected chi connectivity index (χ2v) is 14.8. The predicted octanol–water partition coefficient (Wildman–Crippen LogP) is 12.4. The average molecular weight is 727 g/mol. The van der Waals surface area contributed by atoms with Gasteiger partial charge >= 0.3 is 0 Å². The Hall–Kier alpha value is -6.68. The van der Waals surface area contributed by atoms with Crippen LogP contribution < -0.4 is 4.74 Å². The van der Waals surface area contributed by atoms with E-state index < -0.39 is 0 Å². The summed E-state index contributed by atoms with van der Waals surface area (Å²) >= 11 is 0. The lowest BCUT2D eigenvalue weighted by Crippen LogP contribution is -1.98. The molecule has 0 N–H and O–H groups in total. The molecule has 2 heterocycles. The largest absolute Gasteiger partial charge is 0.495 e. The van der Waals surface area contributed by atoms with Crippen molar-refractivity contribution >= 4 is 0 Å². The van der Waals surface area contributed by atoms with Crippen molar-refractivity contribution in [2.75, 3.05) is 7.11 Å². The molecular weight excluding hydrogens is 681 g/mol. The van der Waals surface area contributed by atoms with Crippen molar-refractivity contribution in [1.29, 1.82) is 0 Å². The fourth-order valence-electron chi connectivity index (χ4n) is 7.61. The van der Waals surface area contributed by atoms with Gasteiger partial charge in [0.1, 0.15) is 5.75 Å². The summed E-state index contributed by atoms with van der Waals surface area (Å²) in [6.45, 7) is 17.4. The number of aryl methyl sites for hydroxylation is 8. The van der Waals surface area contributed by atoms with Gasteiger partial charge in [-0.3, -0.25) is 9.97 Å². The topological polar surface area (TPSA) is 35.0 Å². The van der Waals surface area contributed by atoms with E-state index >= 15 is 0 Å². The average Bonchev–Trinajstić information content (AvgIpc) is 3.20. The molecule has 0 saturated heterocycles. The van der Waals surface area contributed by atoms with Crippen LogP contribution in [0.2, 0.25) is 0 Å². The van der Waals surface area contributed by atoms with Crippen molar-refractivity contribution in [3.63, 3.8) is 0 Å². The number of rotatable bonds is 5. The van der Waals surface area contributed by atoms with Crippen LogP contribution in [0.5, 0.6) is 5.75 Å². The summed E-state index contributed by atoms with van der Waals surface area (Å²) in [6, 6.07) is 32.5. The van der Waals surface area contributed by atoms with Crippen LogP contribution in [0.25, 0.3) is 44.5 Å². The third-order valence-electron chi connectivity index (χ3n) is 10.7. The van der Waals surface area contributed by atoms with Gasteiger partial charge in [-0.2, -0.15) is 0 Å². The first-order valence-corrected chi connectivity index (χ1v) is 19.0. The smallest absolute Gasteiger partial charge is 0.134 e. The molecule has 0 aliphatic rings. The highest BCUT2D eigenvalue weighted by Crippen LogP contribution is 2.44. The molecular formula is C53H46N2O. The van der Waals surface area contributed by atoms with E-state index in [0.717, 1.165) is 50.3 Å². The molecule has 5 aromatic carbocycles. The maximum absolute atomic E-state index is 6.28. The number of methoxy groups -OCH3 is 1. The van der Waals surface area contributed by atoms with E-state index in [1.54, 1.807) is 31.9 Å². The molecule has 3 nitrogen and oxygen atoms in total. The lowest BCUT2D eigenvalue weighted by atomic mass is 9.86. The van der Waals surface area contributed by atoms with Crippen LogP contribution in [0.3, 0.4) is 0 Å². The molecule has 0 spiro atoms. The molecule has 0 fully saturated rings. The first-order chi connectivity index (χ1) is 27.0. The molecule has 56 heavy (non-hydrogen) atoms. The van der Waals surface area contributed by atoms with Crippen LogP contribution in [0.4, 0.5) is 0 Å². The Kier molecular flexibility index (Phi) is 10.7. The van der Waals surface area contributed by atoms with Gasteiger partial charge in [0.05, 0.1) is 7.11 Å². The highest BCUT2D eigenvalue weighted by molar-refractivity contribution is 5.88. The Morgan fingerprint density at radius 1 is 0.357 bits per heavy atom. The molecule has 0 amide bonds. The van der Waals surface area contributed by atoms with E-state index in [4.69, 9.17) is 4.74 Å². The Morgan fingerprint density at radius 2 is 0.661 bits per heavy atom. The summed E-state index contributed by atoms with van der Waals surface area (Å²) in [5.41, 5.74) is 23.0. The predicted molar refractivity (Wildman–Crippen MR) is 233 cm³/mol. The Balaban J connectivity index is 1.22. The zero-order valence-corrected chi connectivity index (χ0v) is 33.8. The summed E-state index contributed by atoms with van der Waals surface area (Å²) < 4.78 is 6.28. The van der Waals surface area contributed by atoms with Crippen LogP contribution in [-0.4, -0.2) is 17.1 Å².